The maximum absolute atomic E-state index is 12.0. The molecule has 0 radical (unpaired) electrons. The third kappa shape index (κ3) is 5.74. The second kappa shape index (κ2) is 8.75. The molecule has 0 aromatic heterocycles. The van der Waals surface area contributed by atoms with Crippen LogP contribution in [0.1, 0.15) is 56.7 Å². The average Bonchev–Trinajstić information content (AvgIpc) is 2.43. The van der Waals surface area contributed by atoms with E-state index in [9.17, 15) is 4.79 Å². The van der Waals surface area contributed by atoms with Crippen molar-refractivity contribution in [3.05, 3.63) is 35.4 Å². The normalized spacial score (nSPS) is 13.8. The molecule has 1 unspecified atom stereocenters. The fourth-order valence-corrected chi connectivity index (χ4v) is 2.46. The van der Waals surface area contributed by atoms with E-state index in [1.807, 2.05) is 13.0 Å². The van der Waals surface area contributed by atoms with Crippen molar-refractivity contribution in [3.63, 3.8) is 0 Å². The van der Waals surface area contributed by atoms with Crippen LogP contribution >= 0.6 is 0 Å². The number of amides is 1. The molecule has 0 aliphatic rings. The molecule has 0 aliphatic carbocycles. The molecule has 1 rings (SSSR count). The Kier molecular flexibility index (Phi) is 7.31. The van der Waals surface area contributed by atoms with Crippen LogP contribution in [-0.2, 0) is 4.79 Å². The number of carbonyl (C=O) groups is 1. The van der Waals surface area contributed by atoms with Gasteiger partial charge in [0.1, 0.15) is 0 Å². The van der Waals surface area contributed by atoms with Gasteiger partial charge in [-0.3, -0.25) is 4.79 Å². The van der Waals surface area contributed by atoms with E-state index in [4.69, 9.17) is 5.73 Å². The van der Waals surface area contributed by atoms with Gasteiger partial charge in [0, 0.05) is 6.42 Å². The van der Waals surface area contributed by atoms with Gasteiger partial charge < -0.3 is 11.1 Å². The zero-order valence-electron chi connectivity index (χ0n) is 13.0. The maximum atomic E-state index is 12.0. The average molecular weight is 276 g/mol. The van der Waals surface area contributed by atoms with E-state index >= 15 is 0 Å². The maximum Gasteiger partial charge on any atom is 0.220 e. The zero-order valence-corrected chi connectivity index (χ0v) is 13.0. The van der Waals surface area contributed by atoms with Crippen LogP contribution in [0.4, 0.5) is 0 Å². The van der Waals surface area contributed by atoms with Gasteiger partial charge in [0.25, 0.3) is 0 Å². The summed E-state index contributed by atoms with van der Waals surface area (Å²) in [5, 5.41) is 3.07. The predicted octanol–water partition coefficient (Wildman–Crippen LogP) is 3.33. The number of nitrogens with one attached hydrogen (secondary N) is 1. The smallest absolute Gasteiger partial charge is 0.220 e. The topological polar surface area (TPSA) is 55.1 Å². The van der Waals surface area contributed by atoms with Crippen LogP contribution in [0.15, 0.2) is 24.3 Å². The number of rotatable bonds is 8. The van der Waals surface area contributed by atoms with Gasteiger partial charge in [-0.05, 0) is 44.7 Å². The molecule has 0 aliphatic heterocycles. The quantitative estimate of drug-likeness (QED) is 0.765. The first-order valence-electron chi connectivity index (χ1n) is 7.62. The van der Waals surface area contributed by atoms with E-state index < -0.39 is 0 Å². The summed E-state index contributed by atoms with van der Waals surface area (Å²) in [5.41, 5.74) is 7.96. The summed E-state index contributed by atoms with van der Waals surface area (Å²) >= 11 is 0. The molecular formula is C17H28N2O. The molecule has 0 heterocycles. The standard InChI is InChI=1S/C17H28N2O/c1-4-15(10-11-18)8-9-17(20)19-14(3)16-7-5-6-13(2)12-16/h5-7,12,14-15H,4,8-11,18H2,1-3H3,(H,19,20)/t14-,15?/m0/s1. The molecular weight excluding hydrogens is 248 g/mol. The predicted molar refractivity (Wildman–Crippen MR) is 84.4 cm³/mol. The van der Waals surface area contributed by atoms with Gasteiger partial charge in [-0.1, -0.05) is 43.2 Å². The van der Waals surface area contributed by atoms with Crippen molar-refractivity contribution in [1.29, 1.82) is 0 Å². The lowest BCUT2D eigenvalue weighted by Gasteiger charge is -2.17. The molecule has 1 amide bonds. The summed E-state index contributed by atoms with van der Waals surface area (Å²) in [5.74, 6) is 0.703. The third-order valence-electron chi connectivity index (χ3n) is 3.85. The van der Waals surface area contributed by atoms with Crippen LogP contribution in [-0.4, -0.2) is 12.5 Å². The van der Waals surface area contributed by atoms with Gasteiger partial charge in [0.15, 0.2) is 0 Å². The number of hydrogen-bond donors (Lipinski definition) is 2. The molecule has 0 bridgehead atoms. The molecule has 0 saturated heterocycles. The molecule has 1 aromatic carbocycles. The first-order valence-corrected chi connectivity index (χ1v) is 7.62. The van der Waals surface area contributed by atoms with Gasteiger partial charge in [0.05, 0.1) is 6.04 Å². The minimum absolute atomic E-state index is 0.0667. The van der Waals surface area contributed by atoms with Crippen molar-refractivity contribution >= 4 is 5.91 Å². The minimum Gasteiger partial charge on any atom is -0.350 e. The van der Waals surface area contributed by atoms with Crippen molar-refractivity contribution < 1.29 is 4.79 Å². The number of carbonyl (C=O) groups excluding carboxylic acids is 1. The summed E-state index contributed by atoms with van der Waals surface area (Å²) in [4.78, 5) is 12.0. The van der Waals surface area contributed by atoms with Crippen LogP contribution in [0.5, 0.6) is 0 Å². The molecule has 0 spiro atoms. The second-order valence-electron chi connectivity index (χ2n) is 5.59. The molecule has 1 aromatic rings. The van der Waals surface area contributed by atoms with E-state index in [1.165, 1.54) is 5.56 Å². The molecule has 0 fully saturated rings. The lowest BCUT2D eigenvalue weighted by molar-refractivity contribution is -0.122. The molecule has 112 valence electrons. The highest BCUT2D eigenvalue weighted by Crippen LogP contribution is 2.16. The first-order chi connectivity index (χ1) is 9.56. The Bertz CT molecular complexity index is 417. The van der Waals surface area contributed by atoms with E-state index in [2.05, 4.69) is 37.4 Å². The van der Waals surface area contributed by atoms with Crippen molar-refractivity contribution in [1.82, 2.24) is 5.32 Å². The number of hydrogen-bond acceptors (Lipinski definition) is 2. The molecule has 2 atom stereocenters. The molecule has 3 nitrogen and oxygen atoms in total. The Hall–Kier alpha value is -1.35. The SMILES string of the molecule is CCC(CCN)CCC(=O)N[C@@H](C)c1cccc(C)c1. The van der Waals surface area contributed by atoms with Gasteiger partial charge in [-0.15, -0.1) is 0 Å². The van der Waals surface area contributed by atoms with E-state index in [0.29, 0.717) is 18.9 Å². The van der Waals surface area contributed by atoms with Crippen LogP contribution in [0.3, 0.4) is 0 Å². The summed E-state index contributed by atoms with van der Waals surface area (Å²) in [6, 6.07) is 8.34. The van der Waals surface area contributed by atoms with E-state index in [1.54, 1.807) is 0 Å². The fraction of sp³-hybridized carbons (Fsp3) is 0.588. The van der Waals surface area contributed by atoms with Crippen molar-refractivity contribution in [2.75, 3.05) is 6.54 Å². The Morgan fingerprint density at radius 1 is 1.35 bits per heavy atom. The summed E-state index contributed by atoms with van der Waals surface area (Å²) in [6.07, 6.45) is 3.63. The molecule has 0 saturated carbocycles. The van der Waals surface area contributed by atoms with Crippen molar-refractivity contribution in [3.8, 4) is 0 Å². The summed E-state index contributed by atoms with van der Waals surface area (Å²) < 4.78 is 0. The second-order valence-corrected chi connectivity index (χ2v) is 5.59. The van der Waals surface area contributed by atoms with Gasteiger partial charge >= 0.3 is 0 Å². The largest absolute Gasteiger partial charge is 0.350 e. The third-order valence-corrected chi connectivity index (χ3v) is 3.85. The van der Waals surface area contributed by atoms with E-state index in [-0.39, 0.29) is 11.9 Å². The molecule has 3 heteroatoms. The minimum atomic E-state index is 0.0667. The number of benzene rings is 1. The van der Waals surface area contributed by atoms with Crippen LogP contribution in [0.25, 0.3) is 0 Å². The van der Waals surface area contributed by atoms with Crippen LogP contribution in [0.2, 0.25) is 0 Å². The lowest BCUT2D eigenvalue weighted by atomic mass is 9.96. The van der Waals surface area contributed by atoms with Crippen molar-refractivity contribution in [2.24, 2.45) is 11.7 Å². The fourth-order valence-electron chi connectivity index (χ4n) is 2.46. The van der Waals surface area contributed by atoms with Gasteiger partial charge in [-0.2, -0.15) is 0 Å². The summed E-state index contributed by atoms with van der Waals surface area (Å²) in [7, 11) is 0. The first kappa shape index (κ1) is 16.7. The van der Waals surface area contributed by atoms with Gasteiger partial charge in [-0.25, -0.2) is 0 Å². The Balaban J connectivity index is 2.42. The summed E-state index contributed by atoms with van der Waals surface area (Å²) in [6.45, 7) is 6.97. The molecule has 3 N–H and O–H groups in total. The molecule has 20 heavy (non-hydrogen) atoms. The van der Waals surface area contributed by atoms with Crippen LogP contribution < -0.4 is 11.1 Å². The van der Waals surface area contributed by atoms with Crippen LogP contribution in [0, 0.1) is 12.8 Å². The highest BCUT2D eigenvalue weighted by molar-refractivity contribution is 5.76. The lowest BCUT2D eigenvalue weighted by Crippen LogP contribution is -2.27. The monoisotopic (exact) mass is 276 g/mol. The zero-order chi connectivity index (χ0) is 15.0. The Labute approximate surface area is 122 Å². The number of nitrogens with two attached hydrogens (primary N) is 1. The van der Waals surface area contributed by atoms with Gasteiger partial charge in [0.2, 0.25) is 5.91 Å². The highest BCUT2D eigenvalue weighted by Gasteiger charge is 2.12. The van der Waals surface area contributed by atoms with E-state index in [0.717, 1.165) is 24.8 Å². The highest BCUT2D eigenvalue weighted by atomic mass is 16.1. The Morgan fingerprint density at radius 2 is 2.10 bits per heavy atom. The van der Waals surface area contributed by atoms with Crippen molar-refractivity contribution in [2.45, 2.75) is 52.5 Å². The Morgan fingerprint density at radius 3 is 2.70 bits per heavy atom. The number of aryl methyl sites for hydroxylation is 1.